The van der Waals surface area contributed by atoms with Crippen LogP contribution in [0.3, 0.4) is 0 Å². The van der Waals surface area contributed by atoms with E-state index in [0.717, 1.165) is 11.3 Å². The summed E-state index contributed by atoms with van der Waals surface area (Å²) in [6, 6.07) is 11.2. The summed E-state index contributed by atoms with van der Waals surface area (Å²) < 4.78 is 0. The minimum Gasteiger partial charge on any atom is -0.481 e. The maximum Gasteiger partial charge on any atom is 0.305 e. The van der Waals surface area contributed by atoms with Crippen LogP contribution in [0, 0.1) is 0 Å². The number of benzene rings is 2. The zero-order valence-electron chi connectivity index (χ0n) is 14.7. The first kappa shape index (κ1) is 18.9. The number of rotatable bonds is 5. The third-order valence-electron chi connectivity index (χ3n) is 4.57. The van der Waals surface area contributed by atoms with E-state index < -0.39 is 12.0 Å². The van der Waals surface area contributed by atoms with Crippen LogP contribution in [0.25, 0.3) is 0 Å². The Labute approximate surface area is 161 Å². The third-order valence-corrected chi connectivity index (χ3v) is 4.83. The highest BCUT2D eigenvalue weighted by Gasteiger charge is 2.24. The maximum absolute atomic E-state index is 12.7. The summed E-state index contributed by atoms with van der Waals surface area (Å²) in [7, 11) is 0. The lowest BCUT2D eigenvalue weighted by atomic mass is 10.0. The van der Waals surface area contributed by atoms with Gasteiger partial charge in [-0.2, -0.15) is 0 Å². The van der Waals surface area contributed by atoms with Crippen molar-refractivity contribution in [1.82, 2.24) is 5.32 Å². The number of hydrogen-bond donors (Lipinski definition) is 2. The first-order valence-corrected chi connectivity index (χ1v) is 8.92. The molecule has 0 spiro atoms. The van der Waals surface area contributed by atoms with E-state index in [9.17, 15) is 19.5 Å². The number of amides is 2. The van der Waals surface area contributed by atoms with Gasteiger partial charge in [0, 0.05) is 29.7 Å². The van der Waals surface area contributed by atoms with E-state index in [1.165, 1.54) is 6.92 Å². The van der Waals surface area contributed by atoms with Gasteiger partial charge < -0.3 is 15.3 Å². The van der Waals surface area contributed by atoms with Gasteiger partial charge in [-0.1, -0.05) is 23.7 Å². The van der Waals surface area contributed by atoms with Crippen molar-refractivity contribution in [3.05, 3.63) is 64.2 Å². The minimum absolute atomic E-state index is 0.0322. The summed E-state index contributed by atoms with van der Waals surface area (Å²) in [5, 5.41) is 12.5. The zero-order valence-corrected chi connectivity index (χ0v) is 15.5. The molecule has 0 unspecified atom stereocenters. The normalized spacial score (nSPS) is 13.8. The molecule has 0 saturated carbocycles. The molecule has 2 aromatic carbocycles. The lowest BCUT2D eigenvalue weighted by Crippen LogP contribution is -2.30. The molecule has 1 heterocycles. The Morgan fingerprint density at radius 2 is 1.89 bits per heavy atom. The Balaban J connectivity index is 1.81. The Morgan fingerprint density at radius 3 is 2.52 bits per heavy atom. The van der Waals surface area contributed by atoms with Gasteiger partial charge in [-0.05, 0) is 47.9 Å². The standard InChI is InChI=1S/C20H19ClN2O4/c1-12(24)23-9-8-14-10-15(4-7-18(14)23)20(27)22-17(11-19(25)26)13-2-5-16(21)6-3-13/h2-7,10,17H,8-9,11H2,1H3,(H,22,27)(H,25,26)/t17-/m1/s1. The minimum atomic E-state index is -1.01. The van der Waals surface area contributed by atoms with E-state index in [0.29, 0.717) is 29.1 Å². The van der Waals surface area contributed by atoms with Crippen molar-refractivity contribution in [3.63, 3.8) is 0 Å². The van der Waals surface area contributed by atoms with Gasteiger partial charge in [0.25, 0.3) is 5.91 Å². The number of nitrogens with one attached hydrogen (secondary N) is 1. The molecule has 1 aliphatic rings. The molecule has 3 rings (SSSR count). The van der Waals surface area contributed by atoms with Crippen LogP contribution in [0.1, 0.15) is 40.9 Å². The smallest absolute Gasteiger partial charge is 0.305 e. The number of halogens is 1. The molecule has 27 heavy (non-hydrogen) atoms. The predicted molar refractivity (Wildman–Crippen MR) is 102 cm³/mol. The largest absolute Gasteiger partial charge is 0.481 e. The van der Waals surface area contributed by atoms with Gasteiger partial charge in [0.2, 0.25) is 5.91 Å². The Hall–Kier alpha value is -2.86. The second-order valence-corrected chi connectivity index (χ2v) is 6.88. The van der Waals surface area contributed by atoms with E-state index in [1.807, 2.05) is 0 Å². The van der Waals surface area contributed by atoms with Crippen LogP contribution in [-0.2, 0) is 16.0 Å². The number of hydrogen-bond acceptors (Lipinski definition) is 3. The van der Waals surface area contributed by atoms with Crippen molar-refractivity contribution in [2.45, 2.75) is 25.8 Å². The molecule has 6 nitrogen and oxygen atoms in total. The van der Waals surface area contributed by atoms with Crippen LogP contribution in [0.5, 0.6) is 0 Å². The molecule has 0 aromatic heterocycles. The van der Waals surface area contributed by atoms with Crippen LogP contribution in [0.4, 0.5) is 5.69 Å². The molecule has 140 valence electrons. The summed E-state index contributed by atoms with van der Waals surface area (Å²) in [6.07, 6.45) is 0.447. The molecular formula is C20H19ClN2O4. The fourth-order valence-electron chi connectivity index (χ4n) is 3.23. The van der Waals surface area contributed by atoms with Crippen molar-refractivity contribution < 1.29 is 19.5 Å². The topological polar surface area (TPSA) is 86.7 Å². The molecule has 0 aliphatic carbocycles. The molecule has 0 bridgehead atoms. The van der Waals surface area contributed by atoms with Crippen molar-refractivity contribution in [2.24, 2.45) is 0 Å². The quantitative estimate of drug-likeness (QED) is 0.826. The highest BCUT2D eigenvalue weighted by molar-refractivity contribution is 6.30. The monoisotopic (exact) mass is 386 g/mol. The summed E-state index contributed by atoms with van der Waals surface area (Å²) in [4.78, 5) is 37.2. The average Bonchev–Trinajstić information content (AvgIpc) is 3.04. The Kier molecular flexibility index (Phi) is 5.46. The van der Waals surface area contributed by atoms with Crippen molar-refractivity contribution in [2.75, 3.05) is 11.4 Å². The van der Waals surface area contributed by atoms with Gasteiger partial charge in [0.1, 0.15) is 0 Å². The fourth-order valence-corrected chi connectivity index (χ4v) is 3.36. The number of carboxylic acids is 1. The van der Waals surface area contributed by atoms with E-state index >= 15 is 0 Å². The van der Waals surface area contributed by atoms with Crippen LogP contribution >= 0.6 is 11.6 Å². The number of carbonyl (C=O) groups is 3. The van der Waals surface area contributed by atoms with Crippen molar-refractivity contribution in [3.8, 4) is 0 Å². The van der Waals surface area contributed by atoms with Gasteiger partial charge in [0.15, 0.2) is 0 Å². The van der Waals surface area contributed by atoms with Gasteiger partial charge in [0.05, 0.1) is 12.5 Å². The van der Waals surface area contributed by atoms with E-state index in [4.69, 9.17) is 11.6 Å². The molecule has 0 saturated heterocycles. The van der Waals surface area contributed by atoms with Gasteiger partial charge >= 0.3 is 5.97 Å². The van der Waals surface area contributed by atoms with Crippen LogP contribution in [0.15, 0.2) is 42.5 Å². The summed E-state index contributed by atoms with van der Waals surface area (Å²) in [6.45, 7) is 2.11. The molecule has 2 amide bonds. The third kappa shape index (κ3) is 4.28. The number of carboxylic acid groups (broad SMARTS) is 1. The Morgan fingerprint density at radius 1 is 1.19 bits per heavy atom. The fraction of sp³-hybridized carbons (Fsp3) is 0.250. The first-order valence-electron chi connectivity index (χ1n) is 8.54. The van der Waals surface area contributed by atoms with Crippen molar-refractivity contribution >= 4 is 35.1 Å². The van der Waals surface area contributed by atoms with Gasteiger partial charge in [-0.15, -0.1) is 0 Å². The number of aliphatic carboxylic acids is 1. The maximum atomic E-state index is 12.7. The van der Waals surface area contributed by atoms with E-state index in [2.05, 4.69) is 5.32 Å². The zero-order chi connectivity index (χ0) is 19.6. The SMILES string of the molecule is CC(=O)N1CCc2cc(C(=O)N[C@H](CC(=O)O)c3ccc(Cl)cc3)ccc21. The second-order valence-electron chi connectivity index (χ2n) is 6.44. The molecule has 2 N–H and O–H groups in total. The lowest BCUT2D eigenvalue weighted by Gasteiger charge is -2.18. The van der Waals surface area contributed by atoms with Crippen molar-refractivity contribution in [1.29, 1.82) is 0 Å². The summed E-state index contributed by atoms with van der Waals surface area (Å²) in [5.41, 5.74) is 2.85. The molecule has 1 aliphatic heterocycles. The highest BCUT2D eigenvalue weighted by Crippen LogP contribution is 2.29. The molecule has 2 aromatic rings. The predicted octanol–water partition coefficient (Wildman–Crippen LogP) is 3.19. The van der Waals surface area contributed by atoms with Gasteiger partial charge in [-0.25, -0.2) is 0 Å². The molecule has 0 fully saturated rings. The lowest BCUT2D eigenvalue weighted by molar-refractivity contribution is -0.137. The number of nitrogens with zero attached hydrogens (tertiary/aromatic N) is 1. The van der Waals surface area contributed by atoms with Crippen LogP contribution in [-0.4, -0.2) is 29.4 Å². The molecule has 0 radical (unpaired) electrons. The number of anilines is 1. The van der Waals surface area contributed by atoms with Crippen LogP contribution < -0.4 is 10.2 Å². The summed E-state index contributed by atoms with van der Waals surface area (Å²) >= 11 is 5.88. The van der Waals surface area contributed by atoms with E-state index in [1.54, 1.807) is 47.4 Å². The second kappa shape index (κ2) is 7.80. The molecule has 1 atom stereocenters. The van der Waals surface area contributed by atoms with E-state index in [-0.39, 0.29) is 18.2 Å². The highest BCUT2D eigenvalue weighted by atomic mass is 35.5. The molecule has 7 heteroatoms. The Bertz CT molecular complexity index is 895. The molecular weight excluding hydrogens is 368 g/mol. The average molecular weight is 387 g/mol. The first-order chi connectivity index (χ1) is 12.8. The van der Waals surface area contributed by atoms with Gasteiger partial charge in [-0.3, -0.25) is 14.4 Å². The number of fused-ring (bicyclic) bond motifs is 1. The summed E-state index contributed by atoms with van der Waals surface area (Å²) in [5.74, 6) is -1.41. The van der Waals surface area contributed by atoms with Crippen LogP contribution in [0.2, 0.25) is 5.02 Å². The number of carbonyl (C=O) groups excluding carboxylic acids is 2.